The molecule has 0 bridgehead atoms. The van der Waals surface area contributed by atoms with Crippen LogP contribution in [0.1, 0.15) is 22.8 Å². The van der Waals surface area contributed by atoms with Gasteiger partial charge in [0, 0.05) is 5.56 Å². The second kappa shape index (κ2) is 5.94. The number of hydrogen-bond donors (Lipinski definition) is 1. The van der Waals surface area contributed by atoms with Gasteiger partial charge in [-0.3, -0.25) is 0 Å². The molecule has 4 heteroatoms. The summed E-state index contributed by atoms with van der Waals surface area (Å²) in [6.45, 7) is 5.64. The number of rotatable bonds is 5. The molecule has 0 spiro atoms. The lowest BCUT2D eigenvalue weighted by Crippen LogP contribution is -2.06. The van der Waals surface area contributed by atoms with Gasteiger partial charge in [-0.05, 0) is 25.5 Å². The Morgan fingerprint density at radius 2 is 2.24 bits per heavy atom. The van der Waals surface area contributed by atoms with E-state index in [1.165, 1.54) is 13.2 Å². The van der Waals surface area contributed by atoms with Crippen molar-refractivity contribution in [1.29, 1.82) is 0 Å². The molecule has 0 amide bonds. The minimum absolute atomic E-state index is 0.0282. The van der Waals surface area contributed by atoms with Crippen molar-refractivity contribution < 1.29 is 19.4 Å². The van der Waals surface area contributed by atoms with E-state index in [4.69, 9.17) is 9.47 Å². The van der Waals surface area contributed by atoms with Crippen molar-refractivity contribution in [1.82, 2.24) is 0 Å². The van der Waals surface area contributed by atoms with Crippen LogP contribution in [-0.4, -0.2) is 24.8 Å². The molecule has 17 heavy (non-hydrogen) atoms. The van der Waals surface area contributed by atoms with Crippen LogP contribution in [0.2, 0.25) is 0 Å². The lowest BCUT2D eigenvalue weighted by atomic mass is 10.1. The summed E-state index contributed by atoms with van der Waals surface area (Å²) in [6, 6.07) is 3.04. The molecule has 0 aromatic heterocycles. The minimum atomic E-state index is -0.434. The highest BCUT2D eigenvalue weighted by Gasteiger charge is 2.14. The number of methoxy groups -OCH3 is 1. The molecule has 92 valence electrons. The van der Waals surface area contributed by atoms with Crippen LogP contribution in [0, 0.1) is 0 Å². The molecule has 0 aliphatic heterocycles. The topological polar surface area (TPSA) is 55.8 Å². The number of hydrogen-bond acceptors (Lipinski definition) is 4. The van der Waals surface area contributed by atoms with E-state index in [0.29, 0.717) is 24.2 Å². The summed E-state index contributed by atoms with van der Waals surface area (Å²) in [5, 5.41) is 9.83. The van der Waals surface area contributed by atoms with Crippen molar-refractivity contribution >= 4 is 5.97 Å². The maximum atomic E-state index is 11.6. The van der Waals surface area contributed by atoms with Crippen LogP contribution in [-0.2, 0) is 11.2 Å². The summed E-state index contributed by atoms with van der Waals surface area (Å²) in [7, 11) is 1.43. The quantitative estimate of drug-likeness (QED) is 0.629. The molecule has 4 nitrogen and oxygen atoms in total. The van der Waals surface area contributed by atoms with Gasteiger partial charge in [0.1, 0.15) is 0 Å². The molecule has 1 rings (SSSR count). The van der Waals surface area contributed by atoms with Gasteiger partial charge in [-0.25, -0.2) is 4.79 Å². The standard InChI is InChI=1S/C13H16O4/c1-4-6-9-7-10(13(15)17-5-2)8-11(16-3)12(9)14/h4,7-8,14H,1,5-6H2,2-3H3. The zero-order chi connectivity index (χ0) is 12.8. The van der Waals surface area contributed by atoms with Gasteiger partial charge >= 0.3 is 5.97 Å². The molecule has 0 aliphatic rings. The first kappa shape index (κ1) is 13.1. The number of benzene rings is 1. The Kier molecular flexibility index (Phi) is 4.57. The van der Waals surface area contributed by atoms with Crippen molar-refractivity contribution in [2.45, 2.75) is 13.3 Å². The van der Waals surface area contributed by atoms with E-state index in [1.54, 1.807) is 19.1 Å². The lowest BCUT2D eigenvalue weighted by Gasteiger charge is -2.10. The molecular formula is C13H16O4. The van der Waals surface area contributed by atoms with Crippen LogP contribution in [0.3, 0.4) is 0 Å². The van der Waals surface area contributed by atoms with E-state index in [1.807, 2.05) is 0 Å². The van der Waals surface area contributed by atoms with Gasteiger partial charge < -0.3 is 14.6 Å². The fraction of sp³-hybridized carbons (Fsp3) is 0.308. The van der Waals surface area contributed by atoms with E-state index in [-0.39, 0.29) is 11.5 Å². The first-order valence-electron chi connectivity index (χ1n) is 5.31. The minimum Gasteiger partial charge on any atom is -0.504 e. The van der Waals surface area contributed by atoms with E-state index in [9.17, 15) is 9.90 Å². The van der Waals surface area contributed by atoms with E-state index in [2.05, 4.69) is 6.58 Å². The largest absolute Gasteiger partial charge is 0.504 e. The molecule has 1 aromatic carbocycles. The second-order valence-electron chi connectivity index (χ2n) is 3.40. The number of aromatic hydroxyl groups is 1. The van der Waals surface area contributed by atoms with Crippen LogP contribution < -0.4 is 4.74 Å². The first-order chi connectivity index (χ1) is 8.13. The Morgan fingerprint density at radius 1 is 1.53 bits per heavy atom. The molecular weight excluding hydrogens is 220 g/mol. The van der Waals surface area contributed by atoms with Crippen molar-refractivity contribution in [2.75, 3.05) is 13.7 Å². The van der Waals surface area contributed by atoms with Crippen LogP contribution >= 0.6 is 0 Å². The third-order valence-corrected chi connectivity index (χ3v) is 2.25. The van der Waals surface area contributed by atoms with Gasteiger partial charge in [0.2, 0.25) is 0 Å². The van der Waals surface area contributed by atoms with Crippen molar-refractivity contribution in [3.63, 3.8) is 0 Å². The van der Waals surface area contributed by atoms with E-state index in [0.717, 1.165) is 0 Å². The summed E-state index contributed by atoms with van der Waals surface area (Å²) in [6.07, 6.45) is 2.10. The van der Waals surface area contributed by atoms with E-state index >= 15 is 0 Å². The SMILES string of the molecule is C=CCc1cc(C(=O)OCC)cc(OC)c1O. The highest BCUT2D eigenvalue weighted by Crippen LogP contribution is 2.32. The fourth-order valence-electron chi connectivity index (χ4n) is 1.46. The van der Waals surface area contributed by atoms with Gasteiger partial charge in [-0.2, -0.15) is 0 Å². The average Bonchev–Trinajstić information content (AvgIpc) is 2.32. The number of phenolic OH excluding ortho intramolecular Hbond substituents is 1. The average molecular weight is 236 g/mol. The number of esters is 1. The normalized spacial score (nSPS) is 9.76. The maximum Gasteiger partial charge on any atom is 0.338 e. The molecule has 0 heterocycles. The second-order valence-corrected chi connectivity index (χ2v) is 3.40. The molecule has 0 saturated carbocycles. The Labute approximate surface area is 100 Å². The number of allylic oxidation sites excluding steroid dienone is 1. The summed E-state index contributed by atoms with van der Waals surface area (Å²) in [5.41, 5.74) is 0.945. The van der Waals surface area contributed by atoms with Crippen LogP contribution in [0.4, 0.5) is 0 Å². The number of phenols is 1. The first-order valence-corrected chi connectivity index (χ1v) is 5.31. The van der Waals surface area contributed by atoms with Crippen molar-refractivity contribution in [3.05, 3.63) is 35.9 Å². The van der Waals surface area contributed by atoms with Gasteiger partial charge in [-0.15, -0.1) is 6.58 Å². The van der Waals surface area contributed by atoms with Gasteiger partial charge in [0.05, 0.1) is 19.3 Å². The predicted octanol–water partition coefficient (Wildman–Crippen LogP) is 2.31. The number of ether oxygens (including phenoxy) is 2. The molecule has 1 aromatic rings. The molecule has 0 saturated heterocycles. The monoisotopic (exact) mass is 236 g/mol. The third-order valence-electron chi connectivity index (χ3n) is 2.25. The molecule has 0 radical (unpaired) electrons. The Hall–Kier alpha value is -1.97. The molecule has 0 unspecified atom stereocenters. The van der Waals surface area contributed by atoms with Crippen molar-refractivity contribution in [3.8, 4) is 11.5 Å². The lowest BCUT2D eigenvalue weighted by molar-refractivity contribution is 0.0526. The zero-order valence-corrected chi connectivity index (χ0v) is 10.0. The highest BCUT2D eigenvalue weighted by molar-refractivity contribution is 5.90. The number of carbonyl (C=O) groups is 1. The van der Waals surface area contributed by atoms with Crippen molar-refractivity contribution in [2.24, 2.45) is 0 Å². The maximum absolute atomic E-state index is 11.6. The number of carbonyl (C=O) groups excluding carboxylic acids is 1. The Balaban J connectivity index is 3.19. The summed E-state index contributed by atoms with van der Waals surface area (Å²) in [4.78, 5) is 11.6. The van der Waals surface area contributed by atoms with Gasteiger partial charge in [-0.1, -0.05) is 6.08 Å². The Morgan fingerprint density at radius 3 is 2.76 bits per heavy atom. The predicted molar refractivity (Wildman–Crippen MR) is 64.5 cm³/mol. The smallest absolute Gasteiger partial charge is 0.338 e. The van der Waals surface area contributed by atoms with Gasteiger partial charge in [0.25, 0.3) is 0 Å². The molecule has 0 fully saturated rings. The van der Waals surface area contributed by atoms with Crippen LogP contribution in [0.15, 0.2) is 24.8 Å². The van der Waals surface area contributed by atoms with E-state index < -0.39 is 5.97 Å². The third kappa shape index (κ3) is 3.00. The highest BCUT2D eigenvalue weighted by atomic mass is 16.5. The fourth-order valence-corrected chi connectivity index (χ4v) is 1.46. The molecule has 0 aliphatic carbocycles. The summed E-state index contributed by atoms with van der Waals surface area (Å²) in [5.74, 6) is -0.149. The summed E-state index contributed by atoms with van der Waals surface area (Å²) < 4.78 is 9.91. The summed E-state index contributed by atoms with van der Waals surface area (Å²) >= 11 is 0. The molecule has 1 N–H and O–H groups in total. The zero-order valence-electron chi connectivity index (χ0n) is 10.0. The Bertz CT molecular complexity index is 424. The van der Waals surface area contributed by atoms with Gasteiger partial charge in [0.15, 0.2) is 11.5 Å². The molecule has 0 atom stereocenters. The van der Waals surface area contributed by atoms with Crippen LogP contribution in [0.25, 0.3) is 0 Å². The van der Waals surface area contributed by atoms with Crippen LogP contribution in [0.5, 0.6) is 11.5 Å².